The Morgan fingerprint density at radius 1 is 1.57 bits per heavy atom. The van der Waals surface area contributed by atoms with Gasteiger partial charge in [0.2, 0.25) is 0 Å². The second kappa shape index (κ2) is 8.52. The third-order valence-corrected chi connectivity index (χ3v) is 3.85. The molecule has 0 aliphatic carbocycles. The fourth-order valence-electron chi connectivity index (χ4n) is 2.62. The Labute approximate surface area is 134 Å². The summed E-state index contributed by atoms with van der Waals surface area (Å²) in [6.45, 7) is 1.52. The van der Waals surface area contributed by atoms with Crippen molar-refractivity contribution in [1.82, 2.24) is 30.2 Å². The van der Waals surface area contributed by atoms with Gasteiger partial charge >= 0.3 is 5.97 Å². The zero-order valence-corrected chi connectivity index (χ0v) is 13.1. The number of aryl methyl sites for hydroxylation is 1. The van der Waals surface area contributed by atoms with E-state index >= 15 is 0 Å². The number of tetrazole rings is 1. The van der Waals surface area contributed by atoms with Crippen molar-refractivity contribution < 1.29 is 14.7 Å². The van der Waals surface area contributed by atoms with E-state index in [1.54, 1.807) is 9.96 Å². The predicted octanol–water partition coefficient (Wildman–Crippen LogP) is -0.632. The Morgan fingerprint density at radius 3 is 3.04 bits per heavy atom. The molecule has 1 aromatic heterocycles. The number of hydrogen-bond donors (Lipinski definition) is 1. The summed E-state index contributed by atoms with van der Waals surface area (Å²) < 4.78 is 0. The van der Waals surface area contributed by atoms with Crippen molar-refractivity contribution in [3.8, 4) is 6.07 Å². The van der Waals surface area contributed by atoms with Crippen molar-refractivity contribution in [1.29, 1.82) is 5.26 Å². The van der Waals surface area contributed by atoms with Gasteiger partial charge < -0.3 is 5.11 Å². The highest BCUT2D eigenvalue weighted by Crippen LogP contribution is 2.20. The average Bonchev–Trinajstić information content (AvgIpc) is 3.04. The SMILES string of the molecule is CN(OCCCn1ncnn1)[C@@H]1CC[C@@H](C#N)N(CC(=O)O)C1. The molecule has 1 aliphatic heterocycles. The maximum Gasteiger partial charge on any atom is 0.317 e. The highest BCUT2D eigenvalue weighted by molar-refractivity contribution is 5.69. The number of piperidine rings is 1. The number of rotatable bonds is 8. The van der Waals surface area contributed by atoms with Crippen molar-refractivity contribution in [2.75, 3.05) is 26.7 Å². The minimum Gasteiger partial charge on any atom is -0.480 e. The van der Waals surface area contributed by atoms with Crippen LogP contribution >= 0.6 is 0 Å². The molecule has 2 rings (SSSR count). The first-order valence-corrected chi connectivity index (χ1v) is 7.52. The fourth-order valence-corrected chi connectivity index (χ4v) is 2.62. The highest BCUT2D eigenvalue weighted by Gasteiger charge is 2.31. The summed E-state index contributed by atoms with van der Waals surface area (Å²) in [7, 11) is 1.84. The van der Waals surface area contributed by atoms with Crippen LogP contribution in [-0.2, 0) is 16.2 Å². The van der Waals surface area contributed by atoms with E-state index in [2.05, 4.69) is 21.5 Å². The van der Waals surface area contributed by atoms with Gasteiger partial charge in [-0.15, -0.1) is 10.2 Å². The molecule has 10 nitrogen and oxygen atoms in total. The monoisotopic (exact) mass is 323 g/mol. The van der Waals surface area contributed by atoms with E-state index in [9.17, 15) is 4.79 Å². The molecule has 126 valence electrons. The molecule has 1 aromatic rings. The maximum absolute atomic E-state index is 10.9. The molecule has 0 spiro atoms. The van der Waals surface area contributed by atoms with Crippen LogP contribution in [0, 0.1) is 11.3 Å². The van der Waals surface area contributed by atoms with Crippen LogP contribution in [0.5, 0.6) is 0 Å². The molecule has 0 saturated carbocycles. The molecule has 1 N–H and O–H groups in total. The quantitative estimate of drug-likeness (QED) is 0.492. The molecule has 10 heteroatoms. The molecule has 23 heavy (non-hydrogen) atoms. The van der Waals surface area contributed by atoms with Crippen LogP contribution in [0.1, 0.15) is 19.3 Å². The minimum absolute atomic E-state index is 0.0726. The number of hydroxylamine groups is 2. The van der Waals surface area contributed by atoms with E-state index < -0.39 is 5.97 Å². The zero-order chi connectivity index (χ0) is 16.7. The van der Waals surface area contributed by atoms with Gasteiger partial charge in [0.05, 0.1) is 31.8 Å². The van der Waals surface area contributed by atoms with Crippen molar-refractivity contribution in [3.05, 3.63) is 6.33 Å². The van der Waals surface area contributed by atoms with Gasteiger partial charge in [-0.05, 0) is 24.5 Å². The summed E-state index contributed by atoms with van der Waals surface area (Å²) in [5.74, 6) is -0.921. The van der Waals surface area contributed by atoms with Crippen molar-refractivity contribution in [2.45, 2.75) is 37.9 Å². The summed E-state index contributed by atoms with van der Waals surface area (Å²) in [5, 5.41) is 31.1. The van der Waals surface area contributed by atoms with Gasteiger partial charge in [0.15, 0.2) is 6.33 Å². The minimum atomic E-state index is -0.921. The van der Waals surface area contributed by atoms with Gasteiger partial charge in [-0.25, -0.2) is 0 Å². The topological polar surface area (TPSA) is 120 Å². The second-order valence-corrected chi connectivity index (χ2v) is 5.46. The van der Waals surface area contributed by atoms with Gasteiger partial charge in [-0.3, -0.25) is 14.5 Å². The number of nitrogens with zero attached hydrogens (tertiary/aromatic N) is 7. The maximum atomic E-state index is 10.9. The Kier molecular flexibility index (Phi) is 6.40. The van der Waals surface area contributed by atoms with E-state index in [-0.39, 0.29) is 18.6 Å². The Bertz CT molecular complexity index is 530. The Hall–Kier alpha value is -2.09. The van der Waals surface area contributed by atoms with Gasteiger partial charge in [0.1, 0.15) is 0 Å². The van der Waals surface area contributed by atoms with Gasteiger partial charge in [-0.1, -0.05) is 0 Å². The van der Waals surface area contributed by atoms with Crippen LogP contribution in [0.4, 0.5) is 0 Å². The molecule has 0 radical (unpaired) electrons. The number of carboxylic acids is 1. The van der Waals surface area contributed by atoms with Crippen LogP contribution in [0.2, 0.25) is 0 Å². The zero-order valence-electron chi connectivity index (χ0n) is 13.1. The molecular formula is C13H21N7O3. The van der Waals surface area contributed by atoms with E-state index in [4.69, 9.17) is 15.2 Å². The molecule has 0 aromatic carbocycles. The number of carboxylic acid groups (broad SMARTS) is 1. The van der Waals surface area contributed by atoms with Crippen molar-refractivity contribution in [3.63, 3.8) is 0 Å². The van der Waals surface area contributed by atoms with Crippen molar-refractivity contribution in [2.24, 2.45) is 0 Å². The van der Waals surface area contributed by atoms with Crippen LogP contribution in [0.15, 0.2) is 6.33 Å². The van der Waals surface area contributed by atoms with Crippen molar-refractivity contribution >= 4 is 5.97 Å². The predicted molar refractivity (Wildman–Crippen MR) is 77.8 cm³/mol. The molecule has 1 saturated heterocycles. The first kappa shape index (κ1) is 17.3. The number of likely N-dealkylation sites (tertiary alicyclic amines) is 1. The lowest BCUT2D eigenvalue weighted by Gasteiger charge is -2.38. The van der Waals surface area contributed by atoms with Gasteiger partial charge in [-0.2, -0.15) is 15.1 Å². The standard InChI is InChI=1S/C13H21N7O3/c1-18(23-6-2-5-20-16-10-15-17-20)12-4-3-11(7-14)19(8-12)9-13(21)22/h10-12H,2-6,8-9H2,1H3,(H,21,22)/t11-,12+/m0/s1. The number of likely N-dealkylation sites (N-methyl/N-ethyl adjacent to an activating group) is 1. The molecule has 1 aliphatic rings. The van der Waals surface area contributed by atoms with E-state index in [0.29, 0.717) is 26.1 Å². The summed E-state index contributed by atoms with van der Waals surface area (Å²) in [5.41, 5.74) is 0. The third kappa shape index (κ3) is 5.24. The molecule has 2 heterocycles. The number of nitriles is 1. The highest BCUT2D eigenvalue weighted by atomic mass is 16.7. The van der Waals surface area contributed by atoms with E-state index in [0.717, 1.165) is 12.8 Å². The molecule has 0 unspecified atom stereocenters. The molecular weight excluding hydrogens is 302 g/mol. The van der Waals surface area contributed by atoms with Crippen LogP contribution in [0.3, 0.4) is 0 Å². The summed E-state index contributed by atoms with van der Waals surface area (Å²) in [6, 6.07) is 1.90. The number of aliphatic carboxylic acids is 1. The summed E-state index contributed by atoms with van der Waals surface area (Å²) in [4.78, 5) is 19.8. The molecule has 1 fully saturated rings. The smallest absolute Gasteiger partial charge is 0.317 e. The molecule has 0 bridgehead atoms. The van der Waals surface area contributed by atoms with Crippen LogP contribution < -0.4 is 0 Å². The lowest BCUT2D eigenvalue weighted by atomic mass is 9.99. The fraction of sp³-hybridized carbons (Fsp3) is 0.769. The Morgan fingerprint density at radius 2 is 2.39 bits per heavy atom. The number of carbonyl (C=O) groups is 1. The second-order valence-electron chi connectivity index (χ2n) is 5.46. The first-order valence-electron chi connectivity index (χ1n) is 7.52. The Balaban J connectivity index is 1.74. The summed E-state index contributed by atoms with van der Waals surface area (Å²) >= 11 is 0. The normalized spacial score (nSPS) is 22.1. The first-order chi connectivity index (χ1) is 11.1. The number of aromatic nitrogens is 4. The van der Waals surface area contributed by atoms with E-state index in [1.807, 2.05) is 7.05 Å². The van der Waals surface area contributed by atoms with Crippen LogP contribution in [0.25, 0.3) is 0 Å². The van der Waals surface area contributed by atoms with E-state index in [1.165, 1.54) is 11.1 Å². The average molecular weight is 323 g/mol. The lowest BCUT2D eigenvalue weighted by molar-refractivity contribution is -0.181. The number of hydrogen-bond acceptors (Lipinski definition) is 8. The lowest BCUT2D eigenvalue weighted by Crippen LogP contribution is -2.52. The summed E-state index contributed by atoms with van der Waals surface area (Å²) in [6.07, 6.45) is 3.57. The third-order valence-electron chi connectivity index (χ3n) is 3.85. The van der Waals surface area contributed by atoms with Gasteiger partial charge in [0, 0.05) is 19.6 Å². The molecule has 0 amide bonds. The molecule has 2 atom stereocenters. The van der Waals surface area contributed by atoms with Gasteiger partial charge in [0.25, 0.3) is 0 Å². The van der Waals surface area contributed by atoms with Crippen LogP contribution in [-0.4, -0.2) is 80.1 Å². The largest absolute Gasteiger partial charge is 0.480 e.